The highest BCUT2D eigenvalue weighted by Gasteiger charge is 2.32. The molecule has 2 aromatic carbocycles. The first-order valence-corrected chi connectivity index (χ1v) is 10.2. The van der Waals surface area contributed by atoms with Crippen molar-refractivity contribution in [3.63, 3.8) is 0 Å². The largest absolute Gasteiger partial charge is 0.494 e. The van der Waals surface area contributed by atoms with Gasteiger partial charge in [-0.2, -0.15) is 0 Å². The Morgan fingerprint density at radius 3 is 2.78 bits per heavy atom. The van der Waals surface area contributed by atoms with Gasteiger partial charge in [0.25, 0.3) is 11.6 Å². The summed E-state index contributed by atoms with van der Waals surface area (Å²) < 4.78 is 10.4. The number of nitro groups is 1. The quantitative estimate of drug-likeness (QED) is 0.341. The summed E-state index contributed by atoms with van der Waals surface area (Å²) in [5.74, 6) is -0.933. The van der Waals surface area contributed by atoms with E-state index in [0.717, 1.165) is 11.8 Å². The van der Waals surface area contributed by atoms with Gasteiger partial charge in [-0.1, -0.05) is 30.0 Å². The van der Waals surface area contributed by atoms with Gasteiger partial charge in [0.15, 0.2) is 0 Å². The fraction of sp³-hybridized carbons (Fsp3) is 0.143. The number of carbonyl (C=O) groups is 2. The van der Waals surface area contributed by atoms with E-state index in [1.807, 2.05) is 0 Å². The number of hydrogen-bond donors (Lipinski definition) is 1. The van der Waals surface area contributed by atoms with Crippen molar-refractivity contribution in [1.29, 1.82) is 0 Å². The normalized spacial score (nSPS) is 15.5. The van der Waals surface area contributed by atoms with Crippen molar-refractivity contribution in [3.05, 3.63) is 74.6 Å². The molecule has 4 rings (SSSR count). The van der Waals surface area contributed by atoms with Crippen LogP contribution in [0.4, 0.5) is 11.4 Å². The van der Waals surface area contributed by atoms with Gasteiger partial charge in [0, 0.05) is 17.9 Å². The van der Waals surface area contributed by atoms with Crippen molar-refractivity contribution in [2.24, 2.45) is 4.99 Å². The van der Waals surface area contributed by atoms with Crippen LogP contribution >= 0.6 is 11.8 Å². The summed E-state index contributed by atoms with van der Waals surface area (Å²) in [6.45, 7) is 0. The number of anilines is 1. The molecule has 1 aliphatic heterocycles. The third-order valence-electron chi connectivity index (χ3n) is 4.65. The van der Waals surface area contributed by atoms with Crippen LogP contribution in [0.2, 0.25) is 0 Å². The summed E-state index contributed by atoms with van der Waals surface area (Å²) in [6, 6.07) is 12.3. The van der Waals surface area contributed by atoms with Crippen molar-refractivity contribution in [2.75, 3.05) is 12.4 Å². The molecule has 0 saturated heterocycles. The van der Waals surface area contributed by atoms with Gasteiger partial charge in [-0.25, -0.2) is 9.79 Å². The van der Waals surface area contributed by atoms with Gasteiger partial charge in [0.1, 0.15) is 21.6 Å². The van der Waals surface area contributed by atoms with E-state index >= 15 is 0 Å². The molecule has 2 heterocycles. The van der Waals surface area contributed by atoms with E-state index in [1.54, 1.807) is 30.3 Å². The third-order valence-corrected chi connectivity index (χ3v) is 5.84. The van der Waals surface area contributed by atoms with Gasteiger partial charge < -0.3 is 14.5 Å². The average Bonchev–Trinajstić information content (AvgIpc) is 3.13. The molecule has 2 amide bonds. The standard InChI is InChI=1S/C21H15N3O7S/c1-30-16-9-12(24(28)29)6-7-14(16)22-18(25)10-17-19(26)23-20(32-17)13-8-11-4-2-3-5-15(11)31-21(13)27/h2-9,17H,10H2,1H3,(H,22,25). The van der Waals surface area contributed by atoms with Crippen LogP contribution in [0.15, 0.2) is 62.7 Å². The van der Waals surface area contributed by atoms with Crippen LogP contribution in [-0.4, -0.2) is 34.1 Å². The van der Waals surface area contributed by atoms with Gasteiger partial charge in [-0.3, -0.25) is 19.7 Å². The molecule has 0 radical (unpaired) electrons. The Morgan fingerprint density at radius 2 is 2.03 bits per heavy atom. The van der Waals surface area contributed by atoms with E-state index in [9.17, 15) is 24.5 Å². The van der Waals surface area contributed by atoms with Gasteiger partial charge in [-0.05, 0) is 18.2 Å². The number of carbonyl (C=O) groups excluding carboxylic acids is 2. The number of para-hydroxylation sites is 1. The number of aliphatic imine (C=N–C) groups is 1. The molecule has 162 valence electrons. The Bertz CT molecular complexity index is 1350. The zero-order chi connectivity index (χ0) is 22.8. The molecule has 32 heavy (non-hydrogen) atoms. The first kappa shape index (κ1) is 21.2. The fourth-order valence-electron chi connectivity index (χ4n) is 3.11. The van der Waals surface area contributed by atoms with E-state index in [1.165, 1.54) is 25.3 Å². The van der Waals surface area contributed by atoms with E-state index in [0.29, 0.717) is 11.0 Å². The van der Waals surface area contributed by atoms with E-state index in [4.69, 9.17) is 9.15 Å². The zero-order valence-corrected chi connectivity index (χ0v) is 17.4. The number of benzene rings is 2. The molecule has 1 atom stereocenters. The van der Waals surface area contributed by atoms with Gasteiger partial charge in [0.05, 0.1) is 29.4 Å². The lowest BCUT2D eigenvalue weighted by atomic mass is 10.2. The molecule has 0 fully saturated rings. The summed E-state index contributed by atoms with van der Waals surface area (Å²) in [4.78, 5) is 51.4. The van der Waals surface area contributed by atoms with E-state index in [-0.39, 0.29) is 34.2 Å². The Kier molecular flexibility index (Phi) is 5.73. The SMILES string of the molecule is COc1cc([N+](=O)[O-])ccc1NC(=O)CC1SC(c2cc3ccccc3oc2=O)=NC1=O. The monoisotopic (exact) mass is 453 g/mol. The number of hydrogen-bond acceptors (Lipinski definition) is 8. The topological polar surface area (TPSA) is 141 Å². The lowest BCUT2D eigenvalue weighted by Crippen LogP contribution is -2.21. The molecule has 1 aliphatic rings. The second-order valence-electron chi connectivity index (χ2n) is 6.74. The van der Waals surface area contributed by atoms with Crippen LogP contribution in [0.25, 0.3) is 11.0 Å². The summed E-state index contributed by atoms with van der Waals surface area (Å²) in [7, 11) is 1.32. The highest BCUT2D eigenvalue weighted by atomic mass is 32.2. The predicted molar refractivity (Wildman–Crippen MR) is 118 cm³/mol. The Morgan fingerprint density at radius 1 is 1.25 bits per heavy atom. The van der Waals surface area contributed by atoms with Gasteiger partial charge in [-0.15, -0.1) is 0 Å². The highest BCUT2D eigenvalue weighted by Crippen LogP contribution is 2.32. The van der Waals surface area contributed by atoms with Crippen LogP contribution in [0.3, 0.4) is 0 Å². The molecule has 1 N–H and O–H groups in total. The van der Waals surface area contributed by atoms with Crippen molar-refractivity contribution in [1.82, 2.24) is 0 Å². The number of thioether (sulfide) groups is 1. The number of nitro benzene ring substituents is 1. The minimum atomic E-state index is -0.820. The van der Waals surface area contributed by atoms with Gasteiger partial charge in [0.2, 0.25) is 5.91 Å². The molecule has 0 aliphatic carbocycles. The molecule has 0 bridgehead atoms. The molecular formula is C21H15N3O7S. The van der Waals surface area contributed by atoms with Crippen LogP contribution in [0.1, 0.15) is 12.0 Å². The van der Waals surface area contributed by atoms with E-state index < -0.39 is 27.6 Å². The van der Waals surface area contributed by atoms with Gasteiger partial charge >= 0.3 is 5.63 Å². The second kappa shape index (κ2) is 8.63. The summed E-state index contributed by atoms with van der Waals surface area (Å²) >= 11 is 1.01. The van der Waals surface area contributed by atoms with Crippen molar-refractivity contribution >= 4 is 51.0 Å². The first-order chi connectivity index (χ1) is 15.4. The van der Waals surface area contributed by atoms with E-state index in [2.05, 4.69) is 10.3 Å². The lowest BCUT2D eigenvalue weighted by Gasteiger charge is -2.11. The number of amides is 2. The number of nitrogens with zero attached hydrogens (tertiary/aromatic N) is 2. The first-order valence-electron chi connectivity index (χ1n) is 9.30. The number of nitrogens with one attached hydrogen (secondary N) is 1. The van der Waals surface area contributed by atoms with Crippen molar-refractivity contribution < 1.29 is 23.7 Å². The van der Waals surface area contributed by atoms with Crippen LogP contribution in [-0.2, 0) is 9.59 Å². The molecule has 1 aromatic heterocycles. The predicted octanol–water partition coefficient (Wildman–Crippen LogP) is 3.13. The zero-order valence-electron chi connectivity index (χ0n) is 16.6. The fourth-order valence-corrected chi connectivity index (χ4v) is 4.18. The number of ether oxygens (including phenoxy) is 1. The summed E-state index contributed by atoms with van der Waals surface area (Å²) in [6.07, 6.45) is -0.213. The third kappa shape index (κ3) is 4.23. The van der Waals surface area contributed by atoms with Crippen molar-refractivity contribution in [3.8, 4) is 5.75 Å². The molecule has 1 unspecified atom stereocenters. The summed E-state index contributed by atoms with van der Waals surface area (Å²) in [5, 5.41) is 13.5. The second-order valence-corrected chi connectivity index (χ2v) is 7.93. The van der Waals surface area contributed by atoms with Crippen LogP contribution in [0, 0.1) is 10.1 Å². The number of non-ortho nitro benzene ring substituents is 1. The molecule has 0 saturated carbocycles. The Labute approximate surface area is 184 Å². The highest BCUT2D eigenvalue weighted by molar-refractivity contribution is 8.16. The molecule has 3 aromatic rings. The minimum absolute atomic E-state index is 0.115. The lowest BCUT2D eigenvalue weighted by molar-refractivity contribution is -0.384. The summed E-state index contributed by atoms with van der Waals surface area (Å²) in [5.41, 5.74) is -0.00175. The maximum atomic E-state index is 12.5. The number of fused-ring (bicyclic) bond motifs is 1. The average molecular weight is 453 g/mol. The molecule has 10 nitrogen and oxygen atoms in total. The number of rotatable bonds is 6. The van der Waals surface area contributed by atoms with Crippen molar-refractivity contribution in [2.45, 2.75) is 11.7 Å². The van der Waals surface area contributed by atoms with Crippen LogP contribution in [0.5, 0.6) is 5.75 Å². The molecular weight excluding hydrogens is 438 g/mol. The Hall–Kier alpha value is -3.99. The maximum Gasteiger partial charge on any atom is 0.346 e. The minimum Gasteiger partial charge on any atom is -0.494 e. The smallest absolute Gasteiger partial charge is 0.346 e. The maximum absolute atomic E-state index is 12.5. The Balaban J connectivity index is 1.48. The molecule has 11 heteroatoms. The number of methoxy groups -OCH3 is 1. The molecule has 0 spiro atoms. The van der Waals surface area contributed by atoms with Crippen LogP contribution < -0.4 is 15.7 Å².